The molecule has 18 heavy (non-hydrogen) atoms. The first-order valence-corrected chi connectivity index (χ1v) is 6.76. The maximum atomic E-state index is 5.81. The van der Waals surface area contributed by atoms with Crippen LogP contribution in [-0.2, 0) is 6.42 Å². The molecule has 0 aliphatic rings. The Morgan fingerprint density at radius 1 is 1.11 bits per heavy atom. The molecule has 0 bridgehead atoms. The smallest absolute Gasteiger partial charge is 0.0272 e. The zero-order valence-corrected chi connectivity index (χ0v) is 12.8. The van der Waals surface area contributed by atoms with Gasteiger partial charge in [-0.2, -0.15) is 0 Å². The quantitative estimate of drug-likeness (QED) is 0.868. The molecule has 0 amide bonds. The molecule has 1 rings (SSSR count). The van der Waals surface area contributed by atoms with Crippen LogP contribution < -0.4 is 5.73 Å². The van der Waals surface area contributed by atoms with E-state index < -0.39 is 0 Å². The van der Waals surface area contributed by atoms with Gasteiger partial charge in [0, 0.05) is 18.6 Å². The molecule has 0 spiro atoms. The highest BCUT2D eigenvalue weighted by Crippen LogP contribution is 2.18. The number of hydrogen-bond donors (Lipinski definition) is 1. The van der Waals surface area contributed by atoms with E-state index in [1.54, 1.807) is 0 Å². The molecule has 0 radical (unpaired) electrons. The van der Waals surface area contributed by atoms with Gasteiger partial charge in [-0.05, 0) is 64.8 Å². The van der Waals surface area contributed by atoms with Crippen LogP contribution >= 0.6 is 0 Å². The number of rotatable bonds is 5. The molecular formula is C16H28N2. The Morgan fingerprint density at radius 3 is 2.06 bits per heavy atom. The molecule has 0 atom stereocenters. The van der Waals surface area contributed by atoms with Crippen LogP contribution in [0.3, 0.4) is 0 Å². The molecule has 0 saturated heterocycles. The molecule has 0 fully saturated rings. The van der Waals surface area contributed by atoms with Crippen LogP contribution in [0, 0.1) is 20.8 Å². The van der Waals surface area contributed by atoms with Crippen molar-refractivity contribution in [3.63, 3.8) is 0 Å². The molecule has 1 aromatic carbocycles. The highest BCUT2D eigenvalue weighted by Gasteiger charge is 2.21. The third-order valence-electron chi connectivity index (χ3n) is 4.07. The highest BCUT2D eigenvalue weighted by atomic mass is 15.2. The van der Waals surface area contributed by atoms with Crippen LogP contribution in [0.25, 0.3) is 0 Å². The van der Waals surface area contributed by atoms with Gasteiger partial charge in [-0.25, -0.2) is 0 Å². The zero-order chi connectivity index (χ0) is 13.9. The van der Waals surface area contributed by atoms with Gasteiger partial charge in [-0.15, -0.1) is 0 Å². The standard InChI is InChI=1S/C16H28N2/c1-12-9-13(2)15(14(3)10-12)7-8-18(6)16(4,5)11-17/h9-10H,7-8,11,17H2,1-6H3. The maximum Gasteiger partial charge on any atom is 0.0272 e. The van der Waals surface area contributed by atoms with Crippen LogP contribution in [0.1, 0.15) is 36.1 Å². The molecule has 1 aromatic rings. The van der Waals surface area contributed by atoms with Crippen LogP contribution in [-0.4, -0.2) is 30.6 Å². The van der Waals surface area contributed by atoms with Gasteiger partial charge >= 0.3 is 0 Å². The van der Waals surface area contributed by atoms with Crippen molar-refractivity contribution in [2.45, 2.75) is 46.6 Å². The first-order chi connectivity index (χ1) is 8.27. The summed E-state index contributed by atoms with van der Waals surface area (Å²) in [7, 11) is 2.16. The molecule has 0 aromatic heterocycles. The molecule has 2 N–H and O–H groups in total. The minimum absolute atomic E-state index is 0.0759. The highest BCUT2D eigenvalue weighted by molar-refractivity contribution is 5.37. The summed E-state index contributed by atoms with van der Waals surface area (Å²) in [6, 6.07) is 4.55. The second kappa shape index (κ2) is 5.85. The molecule has 0 unspecified atom stereocenters. The average molecular weight is 248 g/mol. The van der Waals surface area contributed by atoms with E-state index in [1.807, 2.05) is 0 Å². The van der Waals surface area contributed by atoms with Crippen LogP contribution in [0.4, 0.5) is 0 Å². The fourth-order valence-corrected chi connectivity index (χ4v) is 2.34. The lowest BCUT2D eigenvalue weighted by molar-refractivity contribution is 0.166. The first-order valence-electron chi connectivity index (χ1n) is 6.76. The van der Waals surface area contributed by atoms with Gasteiger partial charge in [0.1, 0.15) is 0 Å². The summed E-state index contributed by atoms with van der Waals surface area (Å²) in [5.41, 5.74) is 11.5. The number of benzene rings is 1. The summed E-state index contributed by atoms with van der Waals surface area (Å²) in [6.07, 6.45) is 1.10. The van der Waals surface area contributed by atoms with Crippen LogP contribution in [0.5, 0.6) is 0 Å². The lowest BCUT2D eigenvalue weighted by Gasteiger charge is -2.34. The monoisotopic (exact) mass is 248 g/mol. The third kappa shape index (κ3) is 3.56. The molecule has 0 heterocycles. The predicted octanol–water partition coefficient (Wildman–Crippen LogP) is 2.82. The Hall–Kier alpha value is -0.860. The van der Waals surface area contributed by atoms with Gasteiger partial charge in [0.05, 0.1) is 0 Å². The zero-order valence-electron chi connectivity index (χ0n) is 12.8. The van der Waals surface area contributed by atoms with Crippen LogP contribution in [0.2, 0.25) is 0 Å². The fourth-order valence-electron chi connectivity index (χ4n) is 2.34. The molecular weight excluding hydrogens is 220 g/mol. The van der Waals surface area contributed by atoms with Crippen molar-refractivity contribution in [1.29, 1.82) is 0 Å². The normalized spacial score (nSPS) is 12.2. The van der Waals surface area contributed by atoms with Gasteiger partial charge in [-0.3, -0.25) is 4.90 Å². The molecule has 2 heteroatoms. The van der Waals surface area contributed by atoms with E-state index in [0.29, 0.717) is 6.54 Å². The molecule has 0 aliphatic carbocycles. The third-order valence-corrected chi connectivity index (χ3v) is 4.07. The Kier molecular flexibility index (Phi) is 4.94. The minimum Gasteiger partial charge on any atom is -0.329 e. The Labute approximate surface area is 112 Å². The minimum atomic E-state index is 0.0759. The summed E-state index contributed by atoms with van der Waals surface area (Å²) in [4.78, 5) is 2.35. The van der Waals surface area contributed by atoms with Crippen molar-refractivity contribution >= 4 is 0 Å². The lowest BCUT2D eigenvalue weighted by Crippen LogP contribution is -2.47. The maximum absolute atomic E-state index is 5.81. The van der Waals surface area contributed by atoms with Crippen molar-refractivity contribution in [3.05, 3.63) is 34.4 Å². The van der Waals surface area contributed by atoms with Gasteiger partial charge < -0.3 is 5.73 Å². The summed E-state index contributed by atoms with van der Waals surface area (Å²) in [6.45, 7) is 12.7. The van der Waals surface area contributed by atoms with E-state index >= 15 is 0 Å². The Bertz CT molecular complexity index is 385. The topological polar surface area (TPSA) is 29.3 Å². The molecule has 0 aliphatic heterocycles. The fraction of sp³-hybridized carbons (Fsp3) is 0.625. The number of aryl methyl sites for hydroxylation is 3. The average Bonchev–Trinajstić information content (AvgIpc) is 2.27. The van der Waals surface area contributed by atoms with E-state index in [1.165, 1.54) is 22.3 Å². The second-order valence-electron chi connectivity index (χ2n) is 6.07. The predicted molar refractivity (Wildman–Crippen MR) is 80.1 cm³/mol. The molecule has 2 nitrogen and oxygen atoms in total. The van der Waals surface area contributed by atoms with Gasteiger partial charge in [0.25, 0.3) is 0 Å². The second-order valence-corrected chi connectivity index (χ2v) is 6.07. The SMILES string of the molecule is Cc1cc(C)c(CCN(C)C(C)(C)CN)c(C)c1. The summed E-state index contributed by atoms with van der Waals surface area (Å²) in [5.74, 6) is 0. The van der Waals surface area contributed by atoms with Gasteiger partial charge in [0.15, 0.2) is 0 Å². The van der Waals surface area contributed by atoms with E-state index in [9.17, 15) is 0 Å². The molecule has 0 saturated carbocycles. The first kappa shape index (κ1) is 15.2. The number of likely N-dealkylation sites (N-methyl/N-ethyl adjacent to an activating group) is 1. The van der Waals surface area contributed by atoms with Crippen LogP contribution in [0.15, 0.2) is 12.1 Å². The van der Waals surface area contributed by atoms with E-state index in [-0.39, 0.29) is 5.54 Å². The lowest BCUT2D eigenvalue weighted by atomic mass is 9.96. The number of nitrogens with two attached hydrogens (primary N) is 1. The Morgan fingerprint density at radius 2 is 1.61 bits per heavy atom. The van der Waals surface area contributed by atoms with E-state index in [2.05, 4.69) is 58.7 Å². The van der Waals surface area contributed by atoms with Gasteiger partial charge in [-0.1, -0.05) is 17.7 Å². The molecule has 102 valence electrons. The summed E-state index contributed by atoms with van der Waals surface area (Å²) >= 11 is 0. The van der Waals surface area contributed by atoms with Crippen molar-refractivity contribution in [2.24, 2.45) is 5.73 Å². The Balaban J connectivity index is 2.76. The van der Waals surface area contributed by atoms with Crippen molar-refractivity contribution in [3.8, 4) is 0 Å². The van der Waals surface area contributed by atoms with E-state index in [0.717, 1.165) is 13.0 Å². The van der Waals surface area contributed by atoms with Crippen molar-refractivity contribution in [1.82, 2.24) is 4.90 Å². The number of nitrogens with zero attached hydrogens (tertiary/aromatic N) is 1. The number of hydrogen-bond acceptors (Lipinski definition) is 2. The largest absolute Gasteiger partial charge is 0.329 e. The van der Waals surface area contributed by atoms with Gasteiger partial charge in [0.2, 0.25) is 0 Å². The van der Waals surface area contributed by atoms with Crippen molar-refractivity contribution in [2.75, 3.05) is 20.1 Å². The van der Waals surface area contributed by atoms with Crippen molar-refractivity contribution < 1.29 is 0 Å². The summed E-state index contributed by atoms with van der Waals surface area (Å²) < 4.78 is 0. The van der Waals surface area contributed by atoms with E-state index in [4.69, 9.17) is 5.73 Å². The summed E-state index contributed by atoms with van der Waals surface area (Å²) in [5, 5.41) is 0.